The topological polar surface area (TPSA) is 39.3 Å². The molecule has 0 radical (unpaired) electrons. The summed E-state index contributed by atoms with van der Waals surface area (Å²) in [5, 5.41) is 25.8. The summed E-state index contributed by atoms with van der Waals surface area (Å²) in [5.74, 6) is 0. The molecule has 0 unspecified atom stereocenters. The van der Waals surface area contributed by atoms with Crippen LogP contribution in [0.5, 0.6) is 0 Å². The summed E-state index contributed by atoms with van der Waals surface area (Å²) < 4.78 is 2.78. The number of rotatable bonds is 1. The normalized spacial score (nSPS) is 25.3. The average molecular weight is 382 g/mol. The Morgan fingerprint density at radius 1 is 0.571 bits per heavy atom. The number of nitrogens with one attached hydrogen (secondary N) is 3. The van der Waals surface area contributed by atoms with Gasteiger partial charge < -0.3 is 0 Å². The van der Waals surface area contributed by atoms with Crippen molar-refractivity contribution in [3.05, 3.63) is 0 Å². The quantitative estimate of drug-likeness (QED) is 0.610. The van der Waals surface area contributed by atoms with Crippen LogP contribution in [0, 0.1) is 0 Å². The molecule has 1 saturated heterocycles. The number of nitrogens with zero attached hydrogens (tertiary/aromatic N) is 1. The molecule has 1 aliphatic heterocycles. The number of halogens is 2. The van der Waals surface area contributed by atoms with E-state index in [1.54, 1.807) is 0 Å². The van der Waals surface area contributed by atoms with Crippen molar-refractivity contribution in [3.8, 4) is 0 Å². The van der Waals surface area contributed by atoms with E-state index < -0.39 is 13.0 Å². The Balaban J connectivity index is 0. The first kappa shape index (κ1) is 24.4. The van der Waals surface area contributed by atoms with Crippen molar-refractivity contribution in [2.24, 2.45) is 0 Å². The Morgan fingerprint density at radius 3 is 1.14 bits per heavy atom. The van der Waals surface area contributed by atoms with E-state index in [0.29, 0.717) is 0 Å². The van der Waals surface area contributed by atoms with Gasteiger partial charge in [-0.1, -0.05) is 0 Å². The van der Waals surface area contributed by atoms with Crippen molar-refractivity contribution in [1.29, 1.82) is 0 Å². The van der Waals surface area contributed by atoms with Gasteiger partial charge in [-0.05, 0) is 0 Å². The minimum atomic E-state index is -3.46. The number of hydrogen-bond acceptors (Lipinski definition) is 4. The molecule has 0 amide bonds. The van der Waals surface area contributed by atoms with Gasteiger partial charge in [-0.15, -0.1) is 24.8 Å². The van der Waals surface area contributed by atoms with Crippen LogP contribution in [0.2, 0.25) is 31.4 Å². The van der Waals surface area contributed by atoms with Crippen LogP contribution in [-0.2, 0) is 13.0 Å². The maximum atomic E-state index is 3.56. The summed E-state index contributed by atoms with van der Waals surface area (Å²) in [6.07, 6.45) is 0. The zero-order valence-electron chi connectivity index (χ0n) is 14.9. The van der Waals surface area contributed by atoms with Gasteiger partial charge in [0.15, 0.2) is 0 Å². The van der Waals surface area contributed by atoms with Gasteiger partial charge in [-0.2, -0.15) is 0 Å². The Morgan fingerprint density at radius 2 is 0.857 bits per heavy atom. The summed E-state index contributed by atoms with van der Waals surface area (Å²) >= 11 is -3.46. The predicted molar refractivity (Wildman–Crippen MR) is 99.9 cm³/mol. The zero-order valence-corrected chi connectivity index (χ0v) is 18.1. The molecule has 1 fully saturated rings. The van der Waals surface area contributed by atoms with Crippen LogP contribution in [0.15, 0.2) is 0 Å². The minimum absolute atomic E-state index is 0. The van der Waals surface area contributed by atoms with Gasteiger partial charge in [0, 0.05) is 0 Å². The fraction of sp³-hybridized carbons (Fsp3) is 1.00. The molecule has 3 N–H and O–H groups in total. The first-order valence-electron chi connectivity index (χ1n) is 7.98. The van der Waals surface area contributed by atoms with Crippen LogP contribution in [0.25, 0.3) is 0 Å². The molecule has 0 bridgehead atoms. The van der Waals surface area contributed by atoms with E-state index in [4.69, 9.17) is 0 Å². The summed E-state index contributed by atoms with van der Waals surface area (Å²) in [4.78, 5) is 0. The molecular formula is C14H39Cl2N4Ti. The van der Waals surface area contributed by atoms with Crippen LogP contribution < -0.4 is 16.0 Å². The van der Waals surface area contributed by atoms with E-state index in [9.17, 15) is 0 Å². The Labute approximate surface area is 140 Å². The fourth-order valence-corrected chi connectivity index (χ4v) is 7.15. The second kappa shape index (κ2) is 6.56. The van der Waals surface area contributed by atoms with Crippen LogP contribution in [0.1, 0.15) is 0 Å². The van der Waals surface area contributed by atoms with Crippen molar-refractivity contribution >= 4 is 24.8 Å². The van der Waals surface area contributed by atoms with E-state index in [1.165, 1.54) is 0 Å². The molecule has 7 heteroatoms. The van der Waals surface area contributed by atoms with Crippen molar-refractivity contribution in [2.45, 2.75) is 31.4 Å². The number of hydrogen-bond donors (Lipinski definition) is 3. The molecule has 0 atom stereocenters. The molecule has 1 rings (SSSR count). The molecule has 0 aliphatic carbocycles. The van der Waals surface area contributed by atoms with E-state index in [-0.39, 0.29) is 24.8 Å². The van der Waals surface area contributed by atoms with Crippen molar-refractivity contribution in [3.63, 3.8) is 0 Å². The summed E-state index contributed by atoms with van der Waals surface area (Å²) in [6, 6.07) is 0. The Hall–Kier alpha value is 1.13. The van der Waals surface area contributed by atoms with Crippen LogP contribution in [0.4, 0.5) is 0 Å². The van der Waals surface area contributed by atoms with Gasteiger partial charge in [-0.3, -0.25) is 0 Å². The predicted octanol–water partition coefficient (Wildman–Crippen LogP) is 2.88. The third-order valence-electron chi connectivity index (χ3n) is 3.97. The molecule has 133 valence electrons. The summed E-state index contributed by atoms with van der Waals surface area (Å²) in [6.45, 7) is 8.71. The van der Waals surface area contributed by atoms with E-state index in [0.717, 1.165) is 52.4 Å². The van der Waals surface area contributed by atoms with Gasteiger partial charge in [-0.25, -0.2) is 0 Å². The van der Waals surface area contributed by atoms with Gasteiger partial charge >= 0.3 is 116 Å². The first-order valence-corrected chi connectivity index (χ1v) is 18.0. The molecule has 4 nitrogen and oxygen atoms in total. The van der Waals surface area contributed by atoms with E-state index in [2.05, 4.69) is 50.7 Å². The second-order valence-corrected chi connectivity index (χ2v) is 40.7. The van der Waals surface area contributed by atoms with E-state index in [1.807, 2.05) is 0 Å². The fourth-order valence-electron chi connectivity index (χ4n) is 2.61. The van der Waals surface area contributed by atoms with Gasteiger partial charge in [0.1, 0.15) is 0 Å². The monoisotopic (exact) mass is 381 g/mol. The SMILES string of the molecule is Cl.Cl.[CH3][Ti]([CH3])([CH3])([CH3])([CH3])([CH3])[N]1CCNCCNCCNCC1. The van der Waals surface area contributed by atoms with Gasteiger partial charge in [0.2, 0.25) is 0 Å². The third kappa shape index (κ3) is 10.5. The van der Waals surface area contributed by atoms with E-state index >= 15 is 0 Å². The Bertz CT molecular complexity index is 302. The van der Waals surface area contributed by atoms with Crippen molar-refractivity contribution < 1.29 is 13.0 Å². The second-order valence-electron chi connectivity index (χ2n) is 12.1. The molecular weight excluding hydrogens is 343 g/mol. The van der Waals surface area contributed by atoms with Gasteiger partial charge in [0.25, 0.3) is 0 Å². The zero-order chi connectivity index (χ0) is 14.7. The van der Waals surface area contributed by atoms with Crippen LogP contribution in [0.3, 0.4) is 0 Å². The molecule has 0 aromatic rings. The molecule has 1 heterocycles. The van der Waals surface area contributed by atoms with Crippen molar-refractivity contribution in [1.82, 2.24) is 19.3 Å². The van der Waals surface area contributed by atoms with Gasteiger partial charge in [0.05, 0.1) is 0 Å². The molecule has 0 spiro atoms. The standard InChI is InChI=1S/C8H19N4.6CH3.2ClH.Ti/c1-2-10-5-6-12-8-7-11-4-3-9-1;;;;;;;;;/h9-11H,1-8H2;6*1H3;2*1H;/q-1;;;;;;;;;+1. The molecule has 0 aromatic heterocycles. The summed E-state index contributed by atoms with van der Waals surface area (Å²) in [7, 11) is 0. The molecule has 21 heavy (non-hydrogen) atoms. The third-order valence-corrected chi connectivity index (χ3v) is 10.6. The van der Waals surface area contributed by atoms with Crippen LogP contribution >= 0.6 is 24.8 Å². The summed E-state index contributed by atoms with van der Waals surface area (Å²) in [5.41, 5.74) is 0. The Kier molecular flexibility index (Phi) is 7.62. The first-order chi connectivity index (χ1) is 8.30. The maximum absolute atomic E-state index is 3.56. The van der Waals surface area contributed by atoms with Crippen LogP contribution in [-0.4, -0.2) is 55.7 Å². The average Bonchev–Trinajstić information content (AvgIpc) is 2.13. The molecule has 0 saturated carbocycles. The van der Waals surface area contributed by atoms with Crippen molar-refractivity contribution in [2.75, 3.05) is 52.4 Å². The molecule has 0 aromatic carbocycles. The molecule has 1 aliphatic rings.